The van der Waals surface area contributed by atoms with Crippen molar-refractivity contribution in [3.8, 4) is 0 Å². The minimum absolute atomic E-state index is 0. The Morgan fingerprint density at radius 1 is 1.12 bits per heavy atom. The summed E-state index contributed by atoms with van der Waals surface area (Å²) in [6.45, 7) is 9.39. The molecule has 0 unspecified atom stereocenters. The van der Waals surface area contributed by atoms with Gasteiger partial charge in [-0.15, -0.1) is 12.4 Å². The van der Waals surface area contributed by atoms with E-state index >= 15 is 0 Å². The number of benzene rings is 1. The van der Waals surface area contributed by atoms with E-state index in [1.807, 2.05) is 45.9 Å². The van der Waals surface area contributed by atoms with Gasteiger partial charge in [0.05, 0.1) is 24.4 Å². The molecule has 3 rings (SSSR count). The van der Waals surface area contributed by atoms with Gasteiger partial charge in [-0.25, -0.2) is 0 Å². The van der Waals surface area contributed by atoms with Crippen LogP contribution in [0.25, 0.3) is 5.57 Å². The molecule has 1 saturated heterocycles. The van der Waals surface area contributed by atoms with Crippen molar-refractivity contribution in [2.24, 2.45) is 0 Å². The molecule has 0 spiro atoms. The van der Waals surface area contributed by atoms with Gasteiger partial charge < -0.3 is 14.0 Å². The van der Waals surface area contributed by atoms with Gasteiger partial charge in [0.2, 0.25) is 0 Å². The topological polar surface area (TPSA) is 44.8 Å². The molecule has 2 aliphatic rings. The lowest BCUT2D eigenvalue weighted by molar-refractivity contribution is 0.00578. The first-order valence-corrected chi connectivity index (χ1v) is 8.06. The Labute approximate surface area is 150 Å². The van der Waals surface area contributed by atoms with Gasteiger partial charge in [0.25, 0.3) is 0 Å². The number of hydrogen-bond donors (Lipinski definition) is 0. The lowest BCUT2D eigenvalue weighted by atomic mass is 9.75. The first kappa shape index (κ1) is 19.2. The summed E-state index contributed by atoms with van der Waals surface area (Å²) < 4.78 is 17.5. The van der Waals surface area contributed by atoms with E-state index in [9.17, 15) is 4.79 Å². The molecule has 2 heterocycles. The molecule has 1 fully saturated rings. The molecule has 130 valence electrons. The van der Waals surface area contributed by atoms with Crippen LogP contribution in [0.4, 0.5) is 0 Å². The second-order valence-electron chi connectivity index (χ2n) is 7.10. The van der Waals surface area contributed by atoms with E-state index in [0.29, 0.717) is 12.2 Å². The first-order chi connectivity index (χ1) is 10.8. The molecule has 0 radical (unpaired) electrons. The van der Waals surface area contributed by atoms with Crippen molar-refractivity contribution in [1.29, 1.82) is 0 Å². The predicted octanol–water partition coefficient (Wildman–Crippen LogP) is 3.02. The van der Waals surface area contributed by atoms with Crippen LogP contribution in [0, 0.1) is 0 Å². The van der Waals surface area contributed by atoms with Crippen LogP contribution >= 0.6 is 12.4 Å². The molecule has 0 atom stereocenters. The second-order valence-corrected chi connectivity index (χ2v) is 7.10. The Bertz CT molecular complexity index is 638. The molecule has 24 heavy (non-hydrogen) atoms. The van der Waals surface area contributed by atoms with E-state index < -0.39 is 18.3 Å². The monoisotopic (exact) mass is 350 g/mol. The molecule has 4 nitrogen and oxygen atoms in total. The molecular formula is C18H24BClO4. The van der Waals surface area contributed by atoms with Crippen molar-refractivity contribution in [3.63, 3.8) is 0 Å². The van der Waals surface area contributed by atoms with Crippen LogP contribution in [0.15, 0.2) is 24.3 Å². The third-order valence-corrected chi connectivity index (χ3v) is 5.06. The zero-order valence-corrected chi connectivity index (χ0v) is 15.4. The quantitative estimate of drug-likeness (QED) is 0.621. The van der Waals surface area contributed by atoms with E-state index in [2.05, 4.69) is 6.08 Å². The lowest BCUT2D eigenvalue weighted by Crippen LogP contribution is -2.41. The Hall–Kier alpha value is -1.14. The zero-order chi connectivity index (χ0) is 16.7. The third kappa shape index (κ3) is 3.45. The van der Waals surface area contributed by atoms with Gasteiger partial charge >= 0.3 is 7.12 Å². The highest BCUT2D eigenvalue weighted by atomic mass is 35.5. The maximum absolute atomic E-state index is 11.6. The molecule has 0 N–H and O–H groups in total. The Morgan fingerprint density at radius 3 is 2.33 bits per heavy atom. The van der Waals surface area contributed by atoms with Crippen LogP contribution < -0.4 is 5.46 Å². The molecule has 1 aromatic rings. The summed E-state index contributed by atoms with van der Waals surface area (Å²) >= 11 is 0. The maximum atomic E-state index is 11.6. The average Bonchev–Trinajstić information content (AvgIpc) is 2.75. The van der Waals surface area contributed by atoms with Crippen LogP contribution in [-0.2, 0) is 14.0 Å². The SMILES string of the molecule is CC1(C)OB(c2ccc(C3=CCOCC3)cc2C=O)OC1(C)C.Cl. The number of hydrogen-bond acceptors (Lipinski definition) is 4. The second kappa shape index (κ2) is 7.00. The fourth-order valence-electron chi connectivity index (χ4n) is 2.85. The van der Waals surface area contributed by atoms with Gasteiger partial charge in [0.1, 0.15) is 6.29 Å². The summed E-state index contributed by atoms with van der Waals surface area (Å²) in [6, 6.07) is 5.90. The molecule has 6 heteroatoms. The highest BCUT2D eigenvalue weighted by Gasteiger charge is 2.52. The largest absolute Gasteiger partial charge is 0.495 e. The molecule has 2 aliphatic heterocycles. The molecule has 0 aliphatic carbocycles. The van der Waals surface area contributed by atoms with Gasteiger partial charge in [-0.05, 0) is 56.8 Å². The molecule has 1 aromatic carbocycles. The molecular weight excluding hydrogens is 326 g/mol. The summed E-state index contributed by atoms with van der Waals surface area (Å²) in [5, 5.41) is 0. The fraction of sp³-hybridized carbons (Fsp3) is 0.500. The normalized spacial score (nSPS) is 21.8. The van der Waals surface area contributed by atoms with Crippen LogP contribution in [0.2, 0.25) is 0 Å². The zero-order valence-electron chi connectivity index (χ0n) is 14.6. The van der Waals surface area contributed by atoms with Crippen molar-refractivity contribution in [1.82, 2.24) is 0 Å². The summed E-state index contributed by atoms with van der Waals surface area (Å²) in [5.41, 5.74) is 2.86. The van der Waals surface area contributed by atoms with E-state index in [1.54, 1.807) is 0 Å². The maximum Gasteiger partial charge on any atom is 0.495 e. The highest BCUT2D eigenvalue weighted by Crippen LogP contribution is 2.36. The number of carbonyl (C=O) groups excluding carboxylic acids is 1. The van der Waals surface area contributed by atoms with E-state index in [1.165, 1.54) is 5.57 Å². The Kier molecular flexibility index (Phi) is 5.60. The molecule has 0 saturated carbocycles. The van der Waals surface area contributed by atoms with Crippen molar-refractivity contribution in [2.75, 3.05) is 13.2 Å². The smallest absolute Gasteiger partial charge is 0.399 e. The van der Waals surface area contributed by atoms with E-state index in [4.69, 9.17) is 14.0 Å². The molecule has 0 aromatic heterocycles. The summed E-state index contributed by atoms with van der Waals surface area (Å²) in [4.78, 5) is 11.6. The van der Waals surface area contributed by atoms with Crippen LogP contribution in [0.3, 0.4) is 0 Å². The number of ether oxygens (including phenoxy) is 1. The van der Waals surface area contributed by atoms with Gasteiger partial charge in [-0.1, -0.05) is 18.2 Å². The number of halogens is 1. The molecule has 0 amide bonds. The van der Waals surface area contributed by atoms with Gasteiger partial charge in [-0.2, -0.15) is 0 Å². The minimum atomic E-state index is -0.516. The van der Waals surface area contributed by atoms with Crippen molar-refractivity contribution in [3.05, 3.63) is 35.4 Å². The summed E-state index contributed by atoms with van der Waals surface area (Å²) in [6.07, 6.45) is 3.82. The first-order valence-electron chi connectivity index (χ1n) is 8.06. The average molecular weight is 351 g/mol. The standard InChI is InChI=1S/C18H23BO4.ClH/c1-17(2)18(3,4)23-19(22-17)16-6-5-14(11-15(16)12-20)13-7-9-21-10-8-13;/h5-7,11-12H,8-10H2,1-4H3;1H. The van der Waals surface area contributed by atoms with Crippen molar-refractivity contribution in [2.45, 2.75) is 45.3 Å². The van der Waals surface area contributed by atoms with Crippen LogP contribution in [0.1, 0.15) is 50.0 Å². The number of aldehydes is 1. The van der Waals surface area contributed by atoms with Gasteiger partial charge in [0.15, 0.2) is 0 Å². The third-order valence-electron chi connectivity index (χ3n) is 5.06. The Morgan fingerprint density at radius 2 is 1.79 bits per heavy atom. The Balaban J connectivity index is 0.00000208. The van der Waals surface area contributed by atoms with Gasteiger partial charge in [0, 0.05) is 5.56 Å². The van der Waals surface area contributed by atoms with E-state index in [0.717, 1.165) is 30.3 Å². The van der Waals surface area contributed by atoms with Crippen molar-refractivity contribution < 1.29 is 18.8 Å². The number of rotatable bonds is 3. The minimum Gasteiger partial charge on any atom is -0.399 e. The van der Waals surface area contributed by atoms with Crippen molar-refractivity contribution >= 4 is 36.8 Å². The summed E-state index contributed by atoms with van der Waals surface area (Å²) in [5.74, 6) is 0. The van der Waals surface area contributed by atoms with Crippen LogP contribution in [-0.4, -0.2) is 37.8 Å². The van der Waals surface area contributed by atoms with Gasteiger partial charge in [-0.3, -0.25) is 4.79 Å². The lowest BCUT2D eigenvalue weighted by Gasteiger charge is -2.32. The predicted molar refractivity (Wildman–Crippen MR) is 98.2 cm³/mol. The fourth-order valence-corrected chi connectivity index (χ4v) is 2.85. The highest BCUT2D eigenvalue weighted by molar-refractivity contribution is 6.63. The van der Waals surface area contributed by atoms with E-state index in [-0.39, 0.29) is 12.4 Å². The summed E-state index contributed by atoms with van der Waals surface area (Å²) in [7, 11) is -0.516. The number of carbonyl (C=O) groups is 1. The molecule has 0 bridgehead atoms. The van der Waals surface area contributed by atoms with Crippen LogP contribution in [0.5, 0.6) is 0 Å².